The zero-order valence-corrected chi connectivity index (χ0v) is 32.0. The van der Waals surface area contributed by atoms with Gasteiger partial charge in [-0.05, 0) is 85.7 Å². The molecule has 1 N–H and O–H groups in total. The molecule has 1 heterocycles. The standard InChI is InChI=1S/C41H57FO8S/c1-7-10-13-22-46-38-36(27-43)49-40(39(47-23-14-11-8-2)41(38,29(5)44)48-24-15-12-9-3)50-37-28(4)34(33-21-18-31(42)26-35(33)37)25-30-16-19-32(20-17-30)51(6)45/h16-21,25-26,36,38-40,43H,7-15,22-24,27H2,1-6H3/t36-,38-,39+,40?,41+,51?/m1/s1. The van der Waals surface area contributed by atoms with Crippen LogP contribution in [0.15, 0.2) is 52.9 Å². The van der Waals surface area contributed by atoms with Gasteiger partial charge in [-0.1, -0.05) is 77.5 Å². The lowest BCUT2D eigenvalue weighted by molar-refractivity contribution is -0.333. The van der Waals surface area contributed by atoms with Crippen molar-refractivity contribution in [3.05, 3.63) is 70.5 Å². The third-order valence-corrected chi connectivity index (χ3v) is 10.6. The quantitative estimate of drug-likeness (QED) is 0.128. The van der Waals surface area contributed by atoms with E-state index in [0.29, 0.717) is 24.5 Å². The van der Waals surface area contributed by atoms with Gasteiger partial charge in [-0.25, -0.2) is 4.39 Å². The Morgan fingerprint density at radius 2 is 1.51 bits per heavy atom. The van der Waals surface area contributed by atoms with Crippen molar-refractivity contribution in [2.75, 3.05) is 32.7 Å². The third-order valence-electron chi connectivity index (χ3n) is 9.67. The lowest BCUT2D eigenvalue weighted by Gasteiger charge is -2.52. The summed E-state index contributed by atoms with van der Waals surface area (Å²) in [7, 11) is -1.11. The summed E-state index contributed by atoms with van der Waals surface area (Å²) < 4.78 is 59.9. The van der Waals surface area contributed by atoms with Gasteiger partial charge in [-0.15, -0.1) is 0 Å². The smallest absolute Gasteiger partial charge is 0.230 e. The van der Waals surface area contributed by atoms with Gasteiger partial charge in [-0.2, -0.15) is 0 Å². The summed E-state index contributed by atoms with van der Waals surface area (Å²) in [6, 6.07) is 12.0. The number of hydrogen-bond acceptors (Lipinski definition) is 8. The highest BCUT2D eigenvalue weighted by Crippen LogP contribution is 2.46. The average Bonchev–Trinajstić information content (AvgIpc) is 3.36. The number of ether oxygens (including phenoxy) is 5. The topological polar surface area (TPSA) is 101 Å². The van der Waals surface area contributed by atoms with Crippen molar-refractivity contribution in [3.8, 4) is 0 Å². The van der Waals surface area contributed by atoms with Crippen molar-refractivity contribution in [1.29, 1.82) is 0 Å². The second-order valence-electron chi connectivity index (χ2n) is 13.5. The van der Waals surface area contributed by atoms with Gasteiger partial charge in [0.2, 0.25) is 6.29 Å². The number of fused-ring (bicyclic) bond motifs is 1. The summed E-state index contributed by atoms with van der Waals surface area (Å²) >= 11 is 0. The molecule has 2 aliphatic rings. The molecule has 282 valence electrons. The number of halogens is 1. The van der Waals surface area contributed by atoms with Gasteiger partial charge in [-0.3, -0.25) is 9.00 Å². The number of carbonyl (C=O) groups is 1. The van der Waals surface area contributed by atoms with E-state index in [2.05, 4.69) is 20.8 Å². The van der Waals surface area contributed by atoms with Gasteiger partial charge in [0.1, 0.15) is 23.8 Å². The van der Waals surface area contributed by atoms with E-state index >= 15 is 0 Å². The van der Waals surface area contributed by atoms with Crippen LogP contribution in [0.2, 0.25) is 0 Å². The summed E-state index contributed by atoms with van der Waals surface area (Å²) in [5, 5.41) is 10.7. The Kier molecular flexibility index (Phi) is 16.0. The van der Waals surface area contributed by atoms with E-state index in [1.54, 1.807) is 12.3 Å². The van der Waals surface area contributed by atoms with Crippen molar-refractivity contribution in [2.45, 2.75) is 128 Å². The number of aliphatic hydroxyl groups is 1. The fourth-order valence-corrected chi connectivity index (χ4v) is 7.36. The van der Waals surface area contributed by atoms with Gasteiger partial charge in [0, 0.05) is 47.3 Å². The number of allylic oxidation sites excluding steroid dienone is 2. The molecule has 0 bridgehead atoms. The highest BCUT2D eigenvalue weighted by atomic mass is 32.2. The van der Waals surface area contributed by atoms with Crippen LogP contribution < -0.4 is 0 Å². The molecular weight excluding hydrogens is 672 g/mol. The number of Topliss-reactive ketones (excluding diaryl/α,β-unsaturated/α-hetero) is 1. The molecule has 51 heavy (non-hydrogen) atoms. The first-order chi connectivity index (χ1) is 24.6. The summed E-state index contributed by atoms with van der Waals surface area (Å²) in [4.78, 5) is 14.8. The van der Waals surface area contributed by atoms with Crippen molar-refractivity contribution < 1.29 is 42.2 Å². The van der Waals surface area contributed by atoms with Crippen LogP contribution >= 0.6 is 0 Å². The van der Waals surface area contributed by atoms with Gasteiger partial charge >= 0.3 is 0 Å². The molecular formula is C41H57FO8S. The van der Waals surface area contributed by atoms with E-state index in [1.807, 2.05) is 37.3 Å². The lowest BCUT2D eigenvalue weighted by atomic mass is 9.80. The second kappa shape index (κ2) is 19.9. The van der Waals surface area contributed by atoms with Gasteiger partial charge < -0.3 is 28.8 Å². The van der Waals surface area contributed by atoms with Gasteiger partial charge in [0.25, 0.3) is 0 Å². The highest BCUT2D eigenvalue weighted by molar-refractivity contribution is 7.84. The van der Waals surface area contributed by atoms with Crippen LogP contribution in [-0.2, 0) is 39.3 Å². The molecule has 1 saturated heterocycles. The number of benzene rings is 2. The van der Waals surface area contributed by atoms with E-state index in [0.717, 1.165) is 85.0 Å². The number of aliphatic hydroxyl groups excluding tert-OH is 1. The Balaban J connectivity index is 1.82. The van der Waals surface area contributed by atoms with Crippen molar-refractivity contribution in [2.24, 2.45) is 0 Å². The lowest BCUT2D eigenvalue weighted by Crippen LogP contribution is -2.72. The van der Waals surface area contributed by atoms with E-state index in [4.69, 9.17) is 23.7 Å². The highest BCUT2D eigenvalue weighted by Gasteiger charge is 2.63. The minimum atomic E-state index is -1.64. The number of hydrogen-bond donors (Lipinski definition) is 1. The molecule has 6 atom stereocenters. The maximum atomic E-state index is 14.9. The Labute approximate surface area is 306 Å². The zero-order chi connectivity index (χ0) is 37.0. The van der Waals surface area contributed by atoms with E-state index < -0.39 is 53.4 Å². The molecule has 0 aromatic heterocycles. The van der Waals surface area contributed by atoms with Crippen LogP contribution in [0.3, 0.4) is 0 Å². The molecule has 1 aliphatic carbocycles. The van der Waals surface area contributed by atoms with Gasteiger partial charge in [0.15, 0.2) is 17.5 Å². The van der Waals surface area contributed by atoms with E-state index in [9.17, 15) is 18.5 Å². The molecule has 2 unspecified atom stereocenters. The van der Waals surface area contributed by atoms with Crippen molar-refractivity contribution in [3.63, 3.8) is 0 Å². The van der Waals surface area contributed by atoms with Crippen LogP contribution in [0.25, 0.3) is 17.4 Å². The van der Waals surface area contributed by atoms with Crippen LogP contribution in [0, 0.1) is 5.82 Å². The van der Waals surface area contributed by atoms with E-state index in [-0.39, 0.29) is 12.4 Å². The molecule has 10 heteroatoms. The molecule has 1 fully saturated rings. The van der Waals surface area contributed by atoms with E-state index in [1.165, 1.54) is 19.1 Å². The molecule has 2 aromatic carbocycles. The molecule has 0 saturated carbocycles. The summed E-state index contributed by atoms with van der Waals surface area (Å²) in [5.41, 5.74) is 2.11. The molecule has 0 spiro atoms. The first-order valence-corrected chi connectivity index (χ1v) is 20.2. The Hall–Kier alpha value is -2.73. The van der Waals surface area contributed by atoms with Gasteiger partial charge in [0.05, 0.1) is 6.61 Å². The molecule has 2 aromatic rings. The molecule has 0 radical (unpaired) electrons. The minimum absolute atomic E-state index is 0.287. The van der Waals surface area contributed by atoms with Crippen molar-refractivity contribution in [1.82, 2.24) is 0 Å². The average molecular weight is 729 g/mol. The predicted octanol–water partition coefficient (Wildman–Crippen LogP) is 8.27. The summed E-state index contributed by atoms with van der Waals surface area (Å²) in [6.45, 7) is 10.2. The molecule has 8 nitrogen and oxygen atoms in total. The normalized spacial score (nSPS) is 24.6. The Morgan fingerprint density at radius 1 is 0.902 bits per heavy atom. The van der Waals surface area contributed by atoms with Crippen LogP contribution in [0.1, 0.15) is 109 Å². The minimum Gasteiger partial charge on any atom is -0.461 e. The maximum absolute atomic E-state index is 14.9. The number of rotatable bonds is 21. The summed E-state index contributed by atoms with van der Waals surface area (Å²) in [6.07, 6.45) is 7.46. The largest absolute Gasteiger partial charge is 0.461 e. The van der Waals surface area contributed by atoms with Crippen LogP contribution in [-0.4, -0.2) is 78.0 Å². The SMILES string of the molecule is CCCCCO[C@@H]1[C@@H](CO)OC(OC2=C(C)C(=Cc3ccc(S(C)=O)cc3)c3ccc(F)cc32)[C@H](OCCCCC)[C@]1(OCCCCC)C(C)=O. The second-order valence-corrected chi connectivity index (χ2v) is 14.9. The van der Waals surface area contributed by atoms with Crippen LogP contribution in [0.5, 0.6) is 0 Å². The first-order valence-electron chi connectivity index (χ1n) is 18.6. The maximum Gasteiger partial charge on any atom is 0.230 e. The Morgan fingerprint density at radius 3 is 2.08 bits per heavy atom. The van der Waals surface area contributed by atoms with Crippen molar-refractivity contribution >= 4 is 34.0 Å². The molecule has 0 amide bonds. The predicted molar refractivity (Wildman–Crippen MR) is 200 cm³/mol. The summed E-state index contributed by atoms with van der Waals surface area (Å²) in [5.74, 6) is -0.339. The van der Waals surface area contributed by atoms with Crippen LogP contribution in [0.4, 0.5) is 4.39 Å². The molecule has 1 aliphatic heterocycles. The number of carbonyl (C=O) groups excluding carboxylic acids is 1. The first kappa shape index (κ1) is 41.0. The number of ketones is 1. The monoisotopic (exact) mass is 728 g/mol. The zero-order valence-electron chi connectivity index (χ0n) is 31.2. The molecule has 4 rings (SSSR count). The fourth-order valence-electron chi connectivity index (χ4n) is 6.84. The Bertz CT molecular complexity index is 1520. The number of unbranched alkanes of at least 4 members (excludes halogenated alkanes) is 6. The third kappa shape index (κ3) is 9.83. The fraction of sp³-hybridized carbons (Fsp3) is 0.585.